The molecule has 1 aliphatic heterocycles. The maximum Gasteiger partial charge on any atom is 0.319 e. The average Bonchev–Trinajstić information content (AvgIpc) is 2.78. The Labute approximate surface area is 138 Å². The van der Waals surface area contributed by atoms with Gasteiger partial charge in [-0.05, 0) is 49.4 Å². The van der Waals surface area contributed by atoms with E-state index < -0.39 is 10.0 Å². The molecule has 1 fully saturated rings. The van der Waals surface area contributed by atoms with Crippen LogP contribution in [0.25, 0.3) is 0 Å². The Morgan fingerprint density at radius 1 is 1.35 bits per heavy atom. The monoisotopic (exact) mass is 339 g/mol. The predicted octanol–water partition coefficient (Wildman–Crippen LogP) is 2.70. The summed E-state index contributed by atoms with van der Waals surface area (Å²) < 4.78 is 25.4. The van der Waals surface area contributed by atoms with Gasteiger partial charge in [-0.15, -0.1) is 0 Å². The molecule has 1 aromatic carbocycles. The van der Waals surface area contributed by atoms with E-state index in [-0.39, 0.29) is 11.8 Å². The Balaban J connectivity index is 2.01. The van der Waals surface area contributed by atoms with Crippen LogP contribution in [-0.4, -0.2) is 33.3 Å². The molecule has 1 aromatic rings. The number of carbonyl (C=O) groups is 1. The van der Waals surface area contributed by atoms with Crippen molar-refractivity contribution < 1.29 is 13.2 Å². The molecule has 1 aliphatic rings. The number of nitrogens with zero attached hydrogens (tertiary/aromatic N) is 1. The van der Waals surface area contributed by atoms with Gasteiger partial charge < -0.3 is 10.6 Å². The summed E-state index contributed by atoms with van der Waals surface area (Å²) in [5.41, 5.74) is 2.17. The standard InChI is InChI=1S/C16H25N3O3S/c1-12(2)7-8-17-16(20)18-14-5-6-15(13(3)11-14)19-9-4-10-23(19,21)22/h5-6,11-12H,4,7-10H2,1-3H3,(H2,17,18,20). The third-order valence-electron chi connectivity index (χ3n) is 3.83. The maximum absolute atomic E-state index is 12.0. The van der Waals surface area contributed by atoms with Gasteiger partial charge in [0, 0.05) is 18.8 Å². The first kappa shape index (κ1) is 17.6. The first-order valence-electron chi connectivity index (χ1n) is 7.95. The van der Waals surface area contributed by atoms with Gasteiger partial charge in [-0.2, -0.15) is 0 Å². The number of sulfonamides is 1. The van der Waals surface area contributed by atoms with Gasteiger partial charge in [-0.1, -0.05) is 13.8 Å². The molecule has 0 saturated carbocycles. The molecule has 2 N–H and O–H groups in total. The van der Waals surface area contributed by atoms with Crippen LogP contribution in [-0.2, 0) is 10.0 Å². The largest absolute Gasteiger partial charge is 0.338 e. The highest BCUT2D eigenvalue weighted by molar-refractivity contribution is 7.93. The van der Waals surface area contributed by atoms with Crippen molar-refractivity contribution in [3.8, 4) is 0 Å². The molecule has 0 aromatic heterocycles. The van der Waals surface area contributed by atoms with Crippen molar-refractivity contribution in [3.63, 3.8) is 0 Å². The van der Waals surface area contributed by atoms with Crippen molar-refractivity contribution in [1.82, 2.24) is 5.32 Å². The van der Waals surface area contributed by atoms with E-state index in [1.54, 1.807) is 18.2 Å². The van der Waals surface area contributed by atoms with Crippen LogP contribution >= 0.6 is 0 Å². The number of rotatable bonds is 5. The zero-order valence-electron chi connectivity index (χ0n) is 13.9. The molecule has 23 heavy (non-hydrogen) atoms. The van der Waals surface area contributed by atoms with Crippen molar-refractivity contribution in [1.29, 1.82) is 0 Å². The van der Waals surface area contributed by atoms with E-state index in [1.165, 1.54) is 4.31 Å². The minimum atomic E-state index is -3.19. The highest BCUT2D eigenvalue weighted by Crippen LogP contribution is 2.29. The summed E-state index contributed by atoms with van der Waals surface area (Å²) in [6.45, 7) is 7.21. The summed E-state index contributed by atoms with van der Waals surface area (Å²) in [6.07, 6.45) is 1.58. The Morgan fingerprint density at radius 2 is 2.09 bits per heavy atom. The van der Waals surface area contributed by atoms with Gasteiger partial charge in [0.1, 0.15) is 0 Å². The molecule has 0 bridgehead atoms. The van der Waals surface area contributed by atoms with Gasteiger partial charge in [-0.3, -0.25) is 4.31 Å². The smallest absolute Gasteiger partial charge is 0.319 e. The van der Waals surface area contributed by atoms with Gasteiger partial charge in [0.25, 0.3) is 0 Å². The molecule has 0 aliphatic carbocycles. The van der Waals surface area contributed by atoms with Gasteiger partial charge >= 0.3 is 6.03 Å². The van der Waals surface area contributed by atoms with Crippen molar-refractivity contribution >= 4 is 27.4 Å². The zero-order chi connectivity index (χ0) is 17.0. The Morgan fingerprint density at radius 3 is 2.65 bits per heavy atom. The zero-order valence-corrected chi connectivity index (χ0v) is 14.7. The van der Waals surface area contributed by atoms with Crippen LogP contribution in [0.3, 0.4) is 0 Å². The lowest BCUT2D eigenvalue weighted by molar-refractivity contribution is 0.251. The second-order valence-corrected chi connectivity index (χ2v) is 8.32. The molecule has 1 saturated heterocycles. The van der Waals surface area contributed by atoms with E-state index in [0.717, 1.165) is 12.0 Å². The molecule has 1 heterocycles. The molecular formula is C16H25N3O3S. The highest BCUT2D eigenvalue weighted by atomic mass is 32.2. The second kappa shape index (κ2) is 7.21. The third-order valence-corrected chi connectivity index (χ3v) is 5.69. The van der Waals surface area contributed by atoms with Crippen molar-refractivity contribution in [3.05, 3.63) is 23.8 Å². The molecule has 2 rings (SSSR count). The van der Waals surface area contributed by atoms with E-state index in [4.69, 9.17) is 0 Å². The quantitative estimate of drug-likeness (QED) is 0.866. The van der Waals surface area contributed by atoms with Crippen LogP contribution in [0.1, 0.15) is 32.3 Å². The molecule has 0 atom stereocenters. The SMILES string of the molecule is Cc1cc(NC(=O)NCCC(C)C)ccc1N1CCCS1(=O)=O. The van der Waals surface area contributed by atoms with Crippen molar-refractivity contribution in [2.45, 2.75) is 33.6 Å². The first-order valence-corrected chi connectivity index (χ1v) is 9.56. The number of amides is 2. The van der Waals surface area contributed by atoms with E-state index >= 15 is 0 Å². The van der Waals surface area contributed by atoms with Gasteiger partial charge in [-0.25, -0.2) is 13.2 Å². The number of benzene rings is 1. The number of carbonyl (C=O) groups excluding carboxylic acids is 1. The molecule has 6 nitrogen and oxygen atoms in total. The lowest BCUT2D eigenvalue weighted by Crippen LogP contribution is -2.30. The van der Waals surface area contributed by atoms with E-state index in [9.17, 15) is 13.2 Å². The topological polar surface area (TPSA) is 78.5 Å². The summed E-state index contributed by atoms with van der Waals surface area (Å²) in [7, 11) is -3.19. The lowest BCUT2D eigenvalue weighted by atomic mass is 10.1. The minimum Gasteiger partial charge on any atom is -0.338 e. The number of anilines is 2. The summed E-state index contributed by atoms with van der Waals surface area (Å²) >= 11 is 0. The number of urea groups is 1. The Bertz CT molecular complexity index is 671. The number of hydrogen-bond donors (Lipinski definition) is 2. The van der Waals surface area contributed by atoms with Crippen LogP contribution in [0.15, 0.2) is 18.2 Å². The van der Waals surface area contributed by atoms with Crippen molar-refractivity contribution in [2.75, 3.05) is 28.5 Å². The number of nitrogens with one attached hydrogen (secondary N) is 2. The lowest BCUT2D eigenvalue weighted by Gasteiger charge is -2.20. The van der Waals surface area contributed by atoms with E-state index in [2.05, 4.69) is 24.5 Å². The summed E-state index contributed by atoms with van der Waals surface area (Å²) in [4.78, 5) is 11.8. The maximum atomic E-state index is 12.0. The van der Waals surface area contributed by atoms with Crippen LogP contribution in [0.5, 0.6) is 0 Å². The summed E-state index contributed by atoms with van der Waals surface area (Å²) in [5, 5.41) is 5.59. The third kappa shape index (κ3) is 4.60. The number of hydrogen-bond acceptors (Lipinski definition) is 3. The van der Waals surface area contributed by atoms with Gasteiger partial charge in [0.15, 0.2) is 0 Å². The molecule has 0 unspecified atom stereocenters. The molecule has 128 valence electrons. The van der Waals surface area contributed by atoms with E-state index in [0.29, 0.717) is 36.8 Å². The Kier molecular flexibility index (Phi) is 5.51. The molecule has 0 radical (unpaired) electrons. The van der Waals surface area contributed by atoms with Crippen LogP contribution in [0.4, 0.5) is 16.2 Å². The fourth-order valence-corrected chi connectivity index (χ4v) is 4.20. The fraction of sp³-hybridized carbons (Fsp3) is 0.562. The highest BCUT2D eigenvalue weighted by Gasteiger charge is 2.29. The molecule has 2 amide bonds. The normalized spacial score (nSPS) is 16.6. The van der Waals surface area contributed by atoms with Crippen molar-refractivity contribution in [2.24, 2.45) is 5.92 Å². The van der Waals surface area contributed by atoms with E-state index in [1.807, 2.05) is 6.92 Å². The fourth-order valence-electron chi connectivity index (χ4n) is 2.57. The van der Waals surface area contributed by atoms with Crippen LogP contribution in [0, 0.1) is 12.8 Å². The second-order valence-electron chi connectivity index (χ2n) is 6.31. The molecule has 0 spiro atoms. The average molecular weight is 339 g/mol. The Hall–Kier alpha value is -1.76. The summed E-state index contributed by atoms with van der Waals surface area (Å²) in [6, 6.07) is 5.04. The summed E-state index contributed by atoms with van der Waals surface area (Å²) in [5.74, 6) is 0.740. The molecule has 7 heteroatoms. The number of aryl methyl sites for hydroxylation is 1. The van der Waals surface area contributed by atoms with Gasteiger partial charge in [0.2, 0.25) is 10.0 Å². The predicted molar refractivity (Wildman–Crippen MR) is 93.4 cm³/mol. The first-order chi connectivity index (χ1) is 10.8. The van der Waals surface area contributed by atoms with Crippen LogP contribution < -0.4 is 14.9 Å². The van der Waals surface area contributed by atoms with Crippen LogP contribution in [0.2, 0.25) is 0 Å². The molecular weight excluding hydrogens is 314 g/mol. The minimum absolute atomic E-state index is 0.199. The van der Waals surface area contributed by atoms with Gasteiger partial charge in [0.05, 0.1) is 11.4 Å².